The zero-order chi connectivity index (χ0) is 16.2. The number of methoxy groups -OCH3 is 1. The van der Waals surface area contributed by atoms with Crippen LogP contribution in [0.1, 0.15) is 10.4 Å². The Balaban J connectivity index is 3.28. The molecule has 10 heteroatoms. The Morgan fingerprint density at radius 3 is 2.57 bits per heavy atom. The minimum absolute atomic E-state index is 0.0485. The minimum Gasteiger partial charge on any atom is -0.494 e. The summed E-state index contributed by atoms with van der Waals surface area (Å²) in [6, 6.07) is 2.20. The first-order valence-electron chi connectivity index (χ1n) is 5.59. The molecule has 0 saturated heterocycles. The van der Waals surface area contributed by atoms with Gasteiger partial charge in [0, 0.05) is 34.4 Å². The van der Waals surface area contributed by atoms with Crippen molar-refractivity contribution in [2.45, 2.75) is 4.90 Å². The SMILES string of the molecule is COc1c(C(=O)O)cc(Cl)cc1S(=O)(=O)NCCS(C)=O. The fraction of sp³-hybridized carbons (Fsp3) is 0.364. The molecule has 0 spiro atoms. The standard InChI is InChI=1S/C11H14ClNO6S2/c1-19-10-8(11(14)15)5-7(12)6-9(10)21(17,18)13-3-4-20(2)16/h5-6,13H,3-4H2,1-2H3,(H,14,15). The Hall–Kier alpha value is -1.16. The fourth-order valence-electron chi connectivity index (χ4n) is 1.54. The van der Waals surface area contributed by atoms with Crippen molar-refractivity contribution in [2.75, 3.05) is 25.7 Å². The van der Waals surface area contributed by atoms with E-state index in [1.807, 2.05) is 0 Å². The number of benzene rings is 1. The van der Waals surface area contributed by atoms with E-state index in [-0.39, 0.29) is 33.5 Å². The van der Waals surface area contributed by atoms with Gasteiger partial charge < -0.3 is 9.84 Å². The summed E-state index contributed by atoms with van der Waals surface area (Å²) < 4.78 is 42.4. The number of aromatic carboxylic acids is 1. The number of rotatable bonds is 7. The number of ether oxygens (including phenoxy) is 1. The number of nitrogens with one attached hydrogen (secondary N) is 1. The van der Waals surface area contributed by atoms with Crippen molar-refractivity contribution in [3.8, 4) is 5.75 Å². The van der Waals surface area contributed by atoms with Crippen molar-refractivity contribution in [3.63, 3.8) is 0 Å². The van der Waals surface area contributed by atoms with Crippen molar-refractivity contribution in [2.24, 2.45) is 0 Å². The number of hydrogen-bond donors (Lipinski definition) is 2. The molecule has 0 aliphatic rings. The molecule has 0 aliphatic heterocycles. The summed E-state index contributed by atoms with van der Waals surface area (Å²) in [6.45, 7) is -0.0521. The van der Waals surface area contributed by atoms with Crippen LogP contribution in [0.25, 0.3) is 0 Å². The Morgan fingerprint density at radius 2 is 2.10 bits per heavy atom. The number of carboxylic acids is 1. The summed E-state index contributed by atoms with van der Waals surface area (Å²) in [5.41, 5.74) is -0.357. The van der Waals surface area contributed by atoms with E-state index >= 15 is 0 Å². The second-order valence-corrected chi connectivity index (χ2v) is 7.69. The Labute approximate surface area is 129 Å². The van der Waals surface area contributed by atoms with E-state index < -0.39 is 26.8 Å². The van der Waals surface area contributed by atoms with Crippen molar-refractivity contribution in [1.82, 2.24) is 4.72 Å². The van der Waals surface area contributed by atoms with Crippen LogP contribution in [-0.4, -0.2) is 49.4 Å². The van der Waals surface area contributed by atoms with Gasteiger partial charge in [0.25, 0.3) is 0 Å². The van der Waals surface area contributed by atoms with Gasteiger partial charge in [0.05, 0.1) is 7.11 Å². The van der Waals surface area contributed by atoms with Gasteiger partial charge in [0.1, 0.15) is 10.5 Å². The molecule has 0 amide bonds. The molecule has 0 radical (unpaired) electrons. The lowest BCUT2D eigenvalue weighted by Crippen LogP contribution is -2.28. The molecule has 1 atom stereocenters. The van der Waals surface area contributed by atoms with Crippen molar-refractivity contribution in [3.05, 3.63) is 22.7 Å². The van der Waals surface area contributed by atoms with Crippen LogP contribution in [0.4, 0.5) is 0 Å². The van der Waals surface area contributed by atoms with E-state index in [0.717, 1.165) is 19.2 Å². The molecule has 0 heterocycles. The fourth-order valence-corrected chi connectivity index (χ4v) is 3.58. The molecule has 0 aromatic heterocycles. The third-order valence-corrected chi connectivity index (χ3v) is 4.89. The van der Waals surface area contributed by atoms with Gasteiger partial charge in [-0.25, -0.2) is 17.9 Å². The quantitative estimate of drug-likeness (QED) is 0.745. The largest absolute Gasteiger partial charge is 0.494 e. The maximum Gasteiger partial charge on any atom is 0.339 e. The summed E-state index contributed by atoms with van der Waals surface area (Å²) >= 11 is 5.75. The highest BCUT2D eigenvalue weighted by Gasteiger charge is 2.25. The summed E-state index contributed by atoms with van der Waals surface area (Å²) in [6.07, 6.45) is 1.44. The molecular formula is C11H14ClNO6S2. The monoisotopic (exact) mass is 355 g/mol. The smallest absolute Gasteiger partial charge is 0.339 e. The minimum atomic E-state index is -4.03. The molecule has 2 N–H and O–H groups in total. The molecule has 1 unspecified atom stereocenters. The van der Waals surface area contributed by atoms with Gasteiger partial charge in [-0.3, -0.25) is 4.21 Å². The van der Waals surface area contributed by atoms with Gasteiger partial charge in [-0.15, -0.1) is 0 Å². The van der Waals surface area contributed by atoms with Crippen LogP contribution in [0.15, 0.2) is 17.0 Å². The highest BCUT2D eigenvalue weighted by atomic mass is 35.5. The summed E-state index contributed by atoms with van der Waals surface area (Å²) in [7, 11) is -4.03. The average molecular weight is 356 g/mol. The number of hydrogen-bond acceptors (Lipinski definition) is 5. The first kappa shape index (κ1) is 17.9. The number of carbonyl (C=O) groups is 1. The van der Waals surface area contributed by atoms with E-state index in [4.69, 9.17) is 21.4 Å². The maximum absolute atomic E-state index is 12.2. The highest BCUT2D eigenvalue weighted by molar-refractivity contribution is 7.89. The van der Waals surface area contributed by atoms with Crippen LogP contribution >= 0.6 is 11.6 Å². The number of halogens is 1. The average Bonchev–Trinajstić information content (AvgIpc) is 2.36. The molecule has 0 aliphatic carbocycles. The molecule has 0 bridgehead atoms. The van der Waals surface area contributed by atoms with Crippen molar-refractivity contribution >= 4 is 38.4 Å². The van der Waals surface area contributed by atoms with Crippen LogP contribution in [-0.2, 0) is 20.8 Å². The van der Waals surface area contributed by atoms with E-state index in [1.54, 1.807) is 0 Å². The first-order chi connectivity index (χ1) is 9.69. The normalized spacial score (nSPS) is 12.9. The summed E-state index contributed by atoms with van der Waals surface area (Å²) in [4.78, 5) is 10.7. The van der Waals surface area contributed by atoms with Gasteiger partial charge in [-0.05, 0) is 12.1 Å². The molecule has 1 rings (SSSR count). The summed E-state index contributed by atoms with van der Waals surface area (Å²) in [5, 5.41) is 9.02. The third-order valence-electron chi connectivity index (χ3n) is 2.43. The number of sulfonamides is 1. The zero-order valence-electron chi connectivity index (χ0n) is 11.3. The van der Waals surface area contributed by atoms with E-state index in [0.29, 0.717) is 0 Å². The predicted octanol–water partition coefficient (Wildman–Crippen LogP) is 0.704. The lowest BCUT2D eigenvalue weighted by atomic mass is 10.2. The Bertz CT molecular complexity index is 674. The van der Waals surface area contributed by atoms with Gasteiger partial charge in [0.2, 0.25) is 10.0 Å². The second kappa shape index (κ2) is 7.21. The molecule has 0 saturated carbocycles. The van der Waals surface area contributed by atoms with E-state index in [9.17, 15) is 17.4 Å². The van der Waals surface area contributed by atoms with Gasteiger partial charge in [-0.1, -0.05) is 11.6 Å². The van der Waals surface area contributed by atoms with E-state index in [1.165, 1.54) is 6.26 Å². The predicted molar refractivity (Wildman–Crippen MR) is 79.1 cm³/mol. The lowest BCUT2D eigenvalue weighted by Gasteiger charge is -2.13. The van der Waals surface area contributed by atoms with Crippen molar-refractivity contribution < 1.29 is 27.3 Å². The molecule has 1 aromatic carbocycles. The molecule has 0 fully saturated rings. The Kier molecular flexibility index (Phi) is 6.14. The van der Waals surface area contributed by atoms with Crippen LogP contribution < -0.4 is 9.46 Å². The van der Waals surface area contributed by atoms with Crippen LogP contribution in [0, 0.1) is 0 Å². The lowest BCUT2D eigenvalue weighted by molar-refractivity contribution is 0.0693. The van der Waals surface area contributed by atoms with Crippen LogP contribution in [0.2, 0.25) is 5.02 Å². The van der Waals surface area contributed by atoms with Gasteiger partial charge in [-0.2, -0.15) is 0 Å². The first-order valence-corrected chi connectivity index (χ1v) is 9.18. The van der Waals surface area contributed by atoms with Gasteiger partial charge in [0.15, 0.2) is 5.75 Å². The van der Waals surface area contributed by atoms with Crippen molar-refractivity contribution in [1.29, 1.82) is 0 Å². The van der Waals surface area contributed by atoms with Crippen LogP contribution in [0.3, 0.4) is 0 Å². The molecule has 1 aromatic rings. The second-order valence-electron chi connectivity index (χ2n) is 3.96. The van der Waals surface area contributed by atoms with Crippen LogP contribution in [0.5, 0.6) is 5.75 Å². The maximum atomic E-state index is 12.2. The van der Waals surface area contributed by atoms with E-state index in [2.05, 4.69) is 4.72 Å². The topological polar surface area (TPSA) is 110 Å². The Morgan fingerprint density at radius 1 is 1.48 bits per heavy atom. The highest BCUT2D eigenvalue weighted by Crippen LogP contribution is 2.31. The van der Waals surface area contributed by atoms with Gasteiger partial charge >= 0.3 is 5.97 Å². The molecule has 21 heavy (non-hydrogen) atoms. The zero-order valence-corrected chi connectivity index (χ0v) is 13.6. The molecule has 118 valence electrons. The summed E-state index contributed by atoms with van der Waals surface area (Å²) in [5.74, 6) is -1.54. The number of carboxylic acid groups (broad SMARTS) is 1. The molecular weight excluding hydrogens is 342 g/mol. The third kappa shape index (κ3) is 4.67. The molecule has 7 nitrogen and oxygen atoms in total.